The van der Waals surface area contributed by atoms with E-state index in [2.05, 4.69) is 0 Å². The Kier molecular flexibility index (Phi) is 4.00. The zero-order chi connectivity index (χ0) is 13.1. The summed E-state index contributed by atoms with van der Waals surface area (Å²) in [7, 11) is 0. The Morgan fingerprint density at radius 3 is 2.72 bits per heavy atom. The van der Waals surface area contributed by atoms with Crippen LogP contribution in [0.3, 0.4) is 0 Å². The highest BCUT2D eigenvalue weighted by molar-refractivity contribution is 6.31. The fraction of sp³-hybridized carbons (Fsp3) is 0.200. The fourth-order valence-electron chi connectivity index (χ4n) is 1.96. The molecule has 1 nitrogen and oxygen atoms in total. The minimum atomic E-state index is -0.286. The molecular weight excluding hydrogens is 249 g/mol. The van der Waals surface area contributed by atoms with Crippen molar-refractivity contribution < 1.29 is 4.39 Å². The zero-order valence-corrected chi connectivity index (χ0v) is 10.9. The lowest BCUT2D eigenvalue weighted by molar-refractivity contribution is 0.622. The van der Waals surface area contributed by atoms with Crippen LogP contribution in [-0.4, -0.2) is 0 Å². The Labute approximate surface area is 111 Å². The van der Waals surface area contributed by atoms with Gasteiger partial charge in [-0.3, -0.25) is 0 Å². The number of benzene rings is 2. The van der Waals surface area contributed by atoms with Gasteiger partial charge in [0.05, 0.1) is 0 Å². The van der Waals surface area contributed by atoms with Gasteiger partial charge in [-0.05, 0) is 42.7 Å². The fourth-order valence-corrected chi connectivity index (χ4v) is 2.15. The Bertz CT molecular complexity index is 554. The molecule has 1 atom stereocenters. The van der Waals surface area contributed by atoms with Gasteiger partial charge in [-0.15, -0.1) is 0 Å². The molecule has 3 heteroatoms. The minimum absolute atomic E-state index is 0.177. The van der Waals surface area contributed by atoms with Gasteiger partial charge >= 0.3 is 0 Å². The first-order valence-corrected chi connectivity index (χ1v) is 6.20. The van der Waals surface area contributed by atoms with Crippen LogP contribution in [0.2, 0.25) is 5.02 Å². The number of halogens is 2. The summed E-state index contributed by atoms with van der Waals surface area (Å²) in [6.07, 6.45) is 0.528. The van der Waals surface area contributed by atoms with Crippen molar-refractivity contribution in [2.75, 3.05) is 0 Å². The first kappa shape index (κ1) is 13.1. The third kappa shape index (κ3) is 3.09. The molecule has 0 aliphatic carbocycles. The van der Waals surface area contributed by atoms with Crippen molar-refractivity contribution in [3.8, 4) is 0 Å². The van der Waals surface area contributed by atoms with Gasteiger partial charge in [0.1, 0.15) is 5.82 Å². The maximum Gasteiger partial charge on any atom is 0.123 e. The van der Waals surface area contributed by atoms with Gasteiger partial charge in [0, 0.05) is 11.1 Å². The number of nitrogens with two attached hydrogens (primary N) is 1. The second-order valence-corrected chi connectivity index (χ2v) is 4.87. The third-order valence-corrected chi connectivity index (χ3v) is 3.29. The predicted molar refractivity (Wildman–Crippen MR) is 73.2 cm³/mol. The van der Waals surface area contributed by atoms with Crippen LogP contribution >= 0.6 is 11.6 Å². The maximum atomic E-state index is 13.2. The normalized spacial score (nSPS) is 12.4. The smallest absolute Gasteiger partial charge is 0.123 e. The molecule has 0 saturated heterocycles. The number of rotatable bonds is 3. The summed E-state index contributed by atoms with van der Waals surface area (Å²) in [5, 5.41) is 0.555. The summed E-state index contributed by atoms with van der Waals surface area (Å²) >= 11 is 6.04. The summed E-state index contributed by atoms with van der Waals surface area (Å²) < 4.78 is 13.2. The van der Waals surface area contributed by atoms with Crippen LogP contribution in [-0.2, 0) is 6.42 Å². The molecule has 2 N–H and O–H groups in total. The zero-order valence-electron chi connectivity index (χ0n) is 10.2. The van der Waals surface area contributed by atoms with Gasteiger partial charge in [-0.25, -0.2) is 4.39 Å². The van der Waals surface area contributed by atoms with Crippen molar-refractivity contribution in [3.05, 3.63) is 70.0 Å². The van der Waals surface area contributed by atoms with E-state index < -0.39 is 0 Å². The largest absolute Gasteiger partial charge is 0.324 e. The Morgan fingerprint density at radius 1 is 1.22 bits per heavy atom. The third-order valence-electron chi connectivity index (χ3n) is 2.92. The average Bonchev–Trinajstić information content (AvgIpc) is 2.34. The molecule has 0 fully saturated rings. The molecule has 0 amide bonds. The predicted octanol–water partition coefficient (Wildman–Crippen LogP) is 4.03. The number of hydrogen-bond donors (Lipinski definition) is 1. The average molecular weight is 264 g/mol. The van der Waals surface area contributed by atoms with Crippen molar-refractivity contribution in [1.82, 2.24) is 0 Å². The highest BCUT2D eigenvalue weighted by atomic mass is 35.5. The van der Waals surface area contributed by atoms with Crippen LogP contribution < -0.4 is 5.73 Å². The summed E-state index contributed by atoms with van der Waals surface area (Å²) in [4.78, 5) is 0. The van der Waals surface area contributed by atoms with Gasteiger partial charge in [-0.1, -0.05) is 41.4 Å². The SMILES string of the molecule is Cc1cccc(C(N)Cc2cc(F)ccc2Cl)c1. The monoisotopic (exact) mass is 263 g/mol. The lowest BCUT2D eigenvalue weighted by Gasteiger charge is -2.14. The van der Waals surface area contributed by atoms with Crippen molar-refractivity contribution in [3.63, 3.8) is 0 Å². The molecule has 0 bridgehead atoms. The van der Waals surface area contributed by atoms with E-state index in [-0.39, 0.29) is 11.9 Å². The van der Waals surface area contributed by atoms with E-state index in [0.29, 0.717) is 11.4 Å². The summed E-state index contributed by atoms with van der Waals surface area (Å²) in [5.41, 5.74) is 9.07. The van der Waals surface area contributed by atoms with Crippen LogP contribution in [0.15, 0.2) is 42.5 Å². The number of hydrogen-bond acceptors (Lipinski definition) is 1. The Morgan fingerprint density at radius 2 is 2.00 bits per heavy atom. The molecule has 0 aliphatic heterocycles. The Hall–Kier alpha value is -1.38. The van der Waals surface area contributed by atoms with E-state index in [1.807, 2.05) is 31.2 Å². The van der Waals surface area contributed by atoms with Crippen LogP contribution in [0.25, 0.3) is 0 Å². The van der Waals surface area contributed by atoms with Crippen LogP contribution in [0.1, 0.15) is 22.7 Å². The molecule has 94 valence electrons. The first-order chi connectivity index (χ1) is 8.56. The number of aryl methyl sites for hydroxylation is 1. The minimum Gasteiger partial charge on any atom is -0.324 e. The van der Waals surface area contributed by atoms with E-state index in [1.165, 1.54) is 12.1 Å². The molecule has 0 saturated carbocycles. The van der Waals surface area contributed by atoms with Gasteiger partial charge in [0.25, 0.3) is 0 Å². The molecule has 2 aromatic rings. The van der Waals surface area contributed by atoms with E-state index in [0.717, 1.165) is 16.7 Å². The topological polar surface area (TPSA) is 26.0 Å². The highest BCUT2D eigenvalue weighted by Gasteiger charge is 2.10. The molecule has 2 aromatic carbocycles. The second-order valence-electron chi connectivity index (χ2n) is 4.46. The summed E-state index contributed by atoms with van der Waals surface area (Å²) in [6.45, 7) is 2.02. The highest BCUT2D eigenvalue weighted by Crippen LogP contribution is 2.23. The summed E-state index contributed by atoms with van der Waals surface area (Å²) in [5.74, 6) is -0.286. The van der Waals surface area contributed by atoms with Crippen LogP contribution in [0.5, 0.6) is 0 Å². The van der Waals surface area contributed by atoms with Crippen LogP contribution in [0, 0.1) is 12.7 Å². The lowest BCUT2D eigenvalue weighted by atomic mass is 9.98. The summed E-state index contributed by atoms with van der Waals surface area (Å²) in [6, 6.07) is 12.2. The van der Waals surface area contributed by atoms with Gasteiger partial charge in [0.15, 0.2) is 0 Å². The standard InChI is InChI=1S/C15H15ClFN/c1-10-3-2-4-11(7-10)15(18)9-12-8-13(17)5-6-14(12)16/h2-8,15H,9,18H2,1H3. The van der Waals surface area contributed by atoms with Crippen molar-refractivity contribution in [2.45, 2.75) is 19.4 Å². The van der Waals surface area contributed by atoms with Crippen molar-refractivity contribution >= 4 is 11.6 Å². The molecule has 0 aromatic heterocycles. The van der Waals surface area contributed by atoms with Gasteiger partial charge < -0.3 is 5.73 Å². The Balaban J connectivity index is 2.21. The molecule has 0 spiro atoms. The first-order valence-electron chi connectivity index (χ1n) is 5.82. The molecule has 0 heterocycles. The van der Waals surface area contributed by atoms with Gasteiger partial charge in [0.2, 0.25) is 0 Å². The van der Waals surface area contributed by atoms with Gasteiger partial charge in [-0.2, -0.15) is 0 Å². The molecule has 2 rings (SSSR count). The molecule has 0 aliphatic rings. The molecule has 0 radical (unpaired) electrons. The molecule has 1 unspecified atom stereocenters. The lowest BCUT2D eigenvalue weighted by Crippen LogP contribution is -2.13. The maximum absolute atomic E-state index is 13.2. The van der Waals surface area contributed by atoms with E-state index in [9.17, 15) is 4.39 Å². The van der Waals surface area contributed by atoms with E-state index in [4.69, 9.17) is 17.3 Å². The molecular formula is C15H15ClFN. The van der Waals surface area contributed by atoms with Crippen molar-refractivity contribution in [2.24, 2.45) is 5.73 Å². The van der Waals surface area contributed by atoms with E-state index in [1.54, 1.807) is 6.07 Å². The van der Waals surface area contributed by atoms with Crippen molar-refractivity contribution in [1.29, 1.82) is 0 Å². The second kappa shape index (κ2) is 5.51. The van der Waals surface area contributed by atoms with E-state index >= 15 is 0 Å². The quantitative estimate of drug-likeness (QED) is 0.889. The van der Waals surface area contributed by atoms with Crippen LogP contribution in [0.4, 0.5) is 4.39 Å². The molecule has 18 heavy (non-hydrogen) atoms.